The molecule has 2 aromatic rings. The van der Waals surface area contributed by atoms with Crippen molar-refractivity contribution in [2.45, 2.75) is 0 Å². The Labute approximate surface area is 97.7 Å². The number of aromatic nitrogens is 2. The van der Waals surface area contributed by atoms with Crippen LogP contribution in [0.1, 0.15) is 10.4 Å². The van der Waals surface area contributed by atoms with Crippen molar-refractivity contribution >= 4 is 11.7 Å². The van der Waals surface area contributed by atoms with Gasteiger partial charge in [0, 0.05) is 31.7 Å². The van der Waals surface area contributed by atoms with E-state index in [1.54, 1.807) is 31.4 Å². The molecule has 0 atom stereocenters. The van der Waals surface area contributed by atoms with E-state index in [0.717, 1.165) is 0 Å². The Morgan fingerprint density at radius 3 is 2.82 bits per heavy atom. The number of hydrogen-bond acceptors (Lipinski definition) is 3. The van der Waals surface area contributed by atoms with E-state index in [2.05, 4.69) is 9.97 Å². The highest BCUT2D eigenvalue weighted by Gasteiger charge is 2.16. The molecule has 0 aromatic carbocycles. The zero-order chi connectivity index (χ0) is 12.3. The molecule has 0 aliphatic carbocycles. The monoisotopic (exact) mass is 229 g/mol. The Hall–Kier alpha value is -2.43. The van der Waals surface area contributed by atoms with Gasteiger partial charge in [-0.1, -0.05) is 6.07 Å². The van der Waals surface area contributed by atoms with Crippen LogP contribution in [0.3, 0.4) is 0 Å². The van der Waals surface area contributed by atoms with Crippen LogP contribution in [0.5, 0.6) is 0 Å². The summed E-state index contributed by atoms with van der Waals surface area (Å²) in [6, 6.07) is 6.56. The van der Waals surface area contributed by atoms with Gasteiger partial charge < -0.3 is 4.98 Å². The number of carbonyl (C=O) groups is 1. The van der Waals surface area contributed by atoms with Gasteiger partial charge in [-0.25, -0.2) is 4.98 Å². The Morgan fingerprint density at radius 2 is 2.18 bits per heavy atom. The molecule has 2 rings (SSSR count). The van der Waals surface area contributed by atoms with E-state index in [4.69, 9.17) is 0 Å². The molecule has 0 aliphatic rings. The normalized spacial score (nSPS) is 9.94. The lowest BCUT2D eigenvalue weighted by Crippen LogP contribution is -2.31. The molecule has 5 nitrogen and oxygen atoms in total. The highest BCUT2D eigenvalue weighted by molar-refractivity contribution is 6.04. The molecular formula is C12H11N3O2. The van der Waals surface area contributed by atoms with E-state index in [0.29, 0.717) is 5.82 Å². The van der Waals surface area contributed by atoms with E-state index in [1.807, 2.05) is 0 Å². The molecule has 1 amide bonds. The van der Waals surface area contributed by atoms with E-state index in [-0.39, 0.29) is 16.9 Å². The van der Waals surface area contributed by atoms with Crippen molar-refractivity contribution in [3.05, 3.63) is 58.6 Å². The summed E-state index contributed by atoms with van der Waals surface area (Å²) in [5.74, 6) is 0.117. The standard InChI is InChI=1S/C12H11N3O2/c1-15(11-4-2-3-6-14-11)12(17)9-8-13-7-5-10(9)16/h2-8H,1H3,(H,13,16). The van der Waals surface area contributed by atoms with Crippen molar-refractivity contribution in [3.8, 4) is 0 Å². The number of nitrogens with zero attached hydrogens (tertiary/aromatic N) is 2. The Kier molecular flexibility index (Phi) is 3.00. The summed E-state index contributed by atoms with van der Waals surface area (Å²) < 4.78 is 0. The molecule has 0 aliphatic heterocycles. The summed E-state index contributed by atoms with van der Waals surface area (Å²) in [7, 11) is 1.58. The number of H-pyrrole nitrogens is 1. The summed E-state index contributed by atoms with van der Waals surface area (Å²) >= 11 is 0. The van der Waals surface area contributed by atoms with Crippen molar-refractivity contribution in [1.29, 1.82) is 0 Å². The predicted octanol–water partition coefficient (Wildman–Crippen LogP) is 1.05. The average molecular weight is 229 g/mol. The summed E-state index contributed by atoms with van der Waals surface area (Å²) in [5.41, 5.74) is -0.211. The number of carbonyl (C=O) groups excluding carboxylic acids is 1. The van der Waals surface area contributed by atoms with E-state index in [1.165, 1.54) is 23.4 Å². The lowest BCUT2D eigenvalue weighted by Gasteiger charge is -2.15. The number of nitrogens with one attached hydrogen (secondary N) is 1. The van der Waals surface area contributed by atoms with Crippen molar-refractivity contribution in [1.82, 2.24) is 9.97 Å². The molecule has 0 radical (unpaired) electrons. The van der Waals surface area contributed by atoms with Crippen LogP contribution in [0.25, 0.3) is 0 Å². The van der Waals surface area contributed by atoms with E-state index in [9.17, 15) is 9.59 Å². The van der Waals surface area contributed by atoms with Gasteiger partial charge in [-0.2, -0.15) is 0 Å². The minimum absolute atomic E-state index is 0.0978. The molecule has 17 heavy (non-hydrogen) atoms. The zero-order valence-corrected chi connectivity index (χ0v) is 9.25. The van der Waals surface area contributed by atoms with Crippen molar-refractivity contribution in [2.24, 2.45) is 0 Å². The third-order valence-electron chi connectivity index (χ3n) is 2.35. The average Bonchev–Trinajstić information content (AvgIpc) is 2.39. The minimum Gasteiger partial charge on any atom is -0.367 e. The molecule has 0 spiro atoms. The van der Waals surface area contributed by atoms with Gasteiger partial charge in [0.05, 0.1) is 0 Å². The van der Waals surface area contributed by atoms with Crippen LogP contribution in [0.15, 0.2) is 47.7 Å². The van der Waals surface area contributed by atoms with Crippen LogP contribution in [0, 0.1) is 0 Å². The minimum atomic E-state index is -0.384. The molecule has 0 bridgehead atoms. The molecule has 2 aromatic heterocycles. The number of anilines is 1. The lowest BCUT2D eigenvalue weighted by molar-refractivity contribution is 0.0991. The van der Waals surface area contributed by atoms with Crippen LogP contribution in [0.4, 0.5) is 5.82 Å². The smallest absolute Gasteiger partial charge is 0.264 e. The van der Waals surface area contributed by atoms with Gasteiger partial charge >= 0.3 is 0 Å². The van der Waals surface area contributed by atoms with Crippen LogP contribution in [-0.2, 0) is 0 Å². The van der Waals surface area contributed by atoms with Gasteiger partial charge in [0.25, 0.3) is 5.91 Å². The molecule has 5 heteroatoms. The van der Waals surface area contributed by atoms with Crippen molar-refractivity contribution in [3.63, 3.8) is 0 Å². The maximum Gasteiger partial charge on any atom is 0.264 e. The SMILES string of the molecule is CN(C(=O)c1c[nH]ccc1=O)c1ccccn1. The number of rotatable bonds is 2. The van der Waals surface area contributed by atoms with Gasteiger partial charge in [0.1, 0.15) is 11.4 Å². The van der Waals surface area contributed by atoms with Gasteiger partial charge in [0.15, 0.2) is 5.43 Å². The maximum absolute atomic E-state index is 12.0. The third-order valence-corrected chi connectivity index (χ3v) is 2.35. The summed E-state index contributed by atoms with van der Waals surface area (Å²) in [6.45, 7) is 0. The van der Waals surface area contributed by atoms with Crippen molar-refractivity contribution < 1.29 is 4.79 Å². The molecule has 0 saturated carbocycles. The highest BCUT2D eigenvalue weighted by atomic mass is 16.2. The highest BCUT2D eigenvalue weighted by Crippen LogP contribution is 2.09. The topological polar surface area (TPSA) is 66.1 Å². The van der Waals surface area contributed by atoms with Gasteiger partial charge in [-0.3, -0.25) is 14.5 Å². The first kappa shape index (κ1) is 11.1. The van der Waals surface area contributed by atoms with Crippen LogP contribution >= 0.6 is 0 Å². The quantitative estimate of drug-likeness (QED) is 0.836. The summed E-state index contributed by atoms with van der Waals surface area (Å²) in [5, 5.41) is 0. The number of amides is 1. The first-order valence-electron chi connectivity index (χ1n) is 5.06. The fourth-order valence-corrected chi connectivity index (χ4v) is 1.42. The molecule has 1 N–H and O–H groups in total. The number of aromatic amines is 1. The molecule has 2 heterocycles. The molecule has 0 fully saturated rings. The second kappa shape index (κ2) is 4.61. The maximum atomic E-state index is 12.0. The first-order chi connectivity index (χ1) is 8.20. The fraction of sp³-hybridized carbons (Fsp3) is 0.0833. The largest absolute Gasteiger partial charge is 0.367 e. The second-order valence-corrected chi connectivity index (χ2v) is 3.47. The number of pyridine rings is 2. The summed E-state index contributed by atoms with van der Waals surface area (Å²) in [6.07, 6.45) is 4.47. The fourth-order valence-electron chi connectivity index (χ4n) is 1.42. The first-order valence-corrected chi connectivity index (χ1v) is 5.06. The predicted molar refractivity (Wildman–Crippen MR) is 64.0 cm³/mol. The Morgan fingerprint density at radius 1 is 1.35 bits per heavy atom. The molecule has 0 unspecified atom stereocenters. The third kappa shape index (κ3) is 2.23. The molecular weight excluding hydrogens is 218 g/mol. The van der Waals surface area contributed by atoms with E-state index >= 15 is 0 Å². The number of hydrogen-bond donors (Lipinski definition) is 1. The van der Waals surface area contributed by atoms with Gasteiger partial charge in [0.2, 0.25) is 0 Å². The van der Waals surface area contributed by atoms with E-state index < -0.39 is 0 Å². The summed E-state index contributed by atoms with van der Waals surface area (Å²) in [4.78, 5) is 31.6. The Bertz CT molecular complexity index is 578. The van der Waals surface area contributed by atoms with Crippen LogP contribution in [0.2, 0.25) is 0 Å². The second-order valence-electron chi connectivity index (χ2n) is 3.47. The van der Waals surface area contributed by atoms with Gasteiger partial charge in [-0.05, 0) is 12.1 Å². The molecule has 86 valence electrons. The van der Waals surface area contributed by atoms with Gasteiger partial charge in [-0.15, -0.1) is 0 Å². The zero-order valence-electron chi connectivity index (χ0n) is 9.25. The van der Waals surface area contributed by atoms with Crippen LogP contribution in [-0.4, -0.2) is 22.9 Å². The van der Waals surface area contributed by atoms with Crippen molar-refractivity contribution in [2.75, 3.05) is 11.9 Å². The molecule has 0 saturated heterocycles. The van der Waals surface area contributed by atoms with Crippen LogP contribution < -0.4 is 10.3 Å². The lowest BCUT2D eigenvalue weighted by atomic mass is 10.2. The Balaban J connectivity index is 2.34.